The maximum absolute atomic E-state index is 12.8. The monoisotopic (exact) mass is 368 g/mol. The summed E-state index contributed by atoms with van der Waals surface area (Å²) < 4.78 is 5.65. The molecule has 0 unspecified atom stereocenters. The van der Waals surface area contributed by atoms with Crippen molar-refractivity contribution in [3.63, 3.8) is 0 Å². The molecule has 0 aliphatic carbocycles. The molecule has 0 heterocycles. The van der Waals surface area contributed by atoms with Gasteiger partial charge in [-0.15, -0.1) is 0 Å². The van der Waals surface area contributed by atoms with Crippen LogP contribution in [0.15, 0.2) is 54.6 Å². The first-order valence-electron chi connectivity index (χ1n) is 9.26. The molecule has 144 valence electrons. The minimum absolute atomic E-state index is 0.0500. The fourth-order valence-electron chi connectivity index (χ4n) is 2.84. The van der Waals surface area contributed by atoms with Crippen LogP contribution in [0.2, 0.25) is 0 Å². The van der Waals surface area contributed by atoms with Gasteiger partial charge in [-0.2, -0.15) is 0 Å². The number of hydrogen-bond acceptors (Lipinski definition) is 3. The molecule has 2 amide bonds. The van der Waals surface area contributed by atoms with Crippen LogP contribution in [-0.2, 0) is 16.1 Å². The number of rotatable bonds is 9. The number of benzene rings is 2. The maximum Gasteiger partial charge on any atom is 0.242 e. The van der Waals surface area contributed by atoms with Crippen molar-refractivity contribution < 1.29 is 14.3 Å². The summed E-state index contributed by atoms with van der Waals surface area (Å²) in [6.07, 6.45) is 0.929. The van der Waals surface area contributed by atoms with Crippen LogP contribution < -0.4 is 10.1 Å². The van der Waals surface area contributed by atoms with E-state index in [-0.39, 0.29) is 11.8 Å². The smallest absolute Gasteiger partial charge is 0.242 e. The van der Waals surface area contributed by atoms with E-state index in [0.717, 1.165) is 16.9 Å². The highest BCUT2D eigenvalue weighted by Crippen LogP contribution is 2.15. The Balaban J connectivity index is 1.98. The third-order valence-electron chi connectivity index (χ3n) is 4.56. The minimum Gasteiger partial charge on any atom is -0.494 e. The fourth-order valence-corrected chi connectivity index (χ4v) is 2.84. The molecule has 0 radical (unpaired) electrons. The lowest BCUT2D eigenvalue weighted by Crippen LogP contribution is -2.46. The first-order chi connectivity index (χ1) is 13.0. The van der Waals surface area contributed by atoms with Crippen LogP contribution in [0.3, 0.4) is 0 Å². The molecule has 0 saturated heterocycles. The van der Waals surface area contributed by atoms with Gasteiger partial charge in [0.05, 0.1) is 6.61 Å². The number of likely N-dealkylation sites (N-methyl/N-ethyl adjacent to an activating group) is 1. The molecule has 0 bridgehead atoms. The highest BCUT2D eigenvalue weighted by atomic mass is 16.5. The molecule has 2 aromatic rings. The van der Waals surface area contributed by atoms with E-state index in [1.165, 1.54) is 0 Å². The van der Waals surface area contributed by atoms with E-state index >= 15 is 0 Å². The van der Waals surface area contributed by atoms with Crippen LogP contribution in [0, 0.1) is 6.92 Å². The van der Waals surface area contributed by atoms with Gasteiger partial charge >= 0.3 is 0 Å². The Labute approximate surface area is 161 Å². The number of amides is 2. The molecule has 0 saturated carbocycles. The van der Waals surface area contributed by atoms with Gasteiger partial charge in [-0.05, 0) is 43.5 Å². The first-order valence-corrected chi connectivity index (χ1v) is 9.26. The Kier molecular flexibility index (Phi) is 7.86. The van der Waals surface area contributed by atoms with Crippen molar-refractivity contribution in [2.75, 3.05) is 13.7 Å². The molecule has 1 N–H and O–H groups in total. The van der Waals surface area contributed by atoms with Gasteiger partial charge in [0.2, 0.25) is 11.8 Å². The standard InChI is InChI=1S/C22H28N2O3/c1-17-10-7-8-11-19(17)16-24(18(2)22(26)23-3)21(25)14-9-15-27-20-12-5-4-6-13-20/h4-8,10-13,18H,9,14-16H2,1-3H3,(H,23,26)/t18-/m0/s1. The number of para-hydroxylation sites is 1. The maximum atomic E-state index is 12.8. The Morgan fingerprint density at radius 3 is 2.41 bits per heavy atom. The molecule has 27 heavy (non-hydrogen) atoms. The van der Waals surface area contributed by atoms with Crippen molar-refractivity contribution in [3.8, 4) is 5.75 Å². The summed E-state index contributed by atoms with van der Waals surface area (Å²) in [5.41, 5.74) is 2.15. The van der Waals surface area contributed by atoms with E-state index in [1.807, 2.05) is 61.5 Å². The second-order valence-corrected chi connectivity index (χ2v) is 6.50. The molecule has 0 spiro atoms. The number of ether oxygens (including phenoxy) is 1. The van der Waals surface area contributed by atoms with Gasteiger partial charge in [0.25, 0.3) is 0 Å². The summed E-state index contributed by atoms with van der Waals surface area (Å²) >= 11 is 0. The average molecular weight is 368 g/mol. The van der Waals surface area contributed by atoms with Crippen molar-refractivity contribution in [1.29, 1.82) is 0 Å². The van der Waals surface area contributed by atoms with Gasteiger partial charge in [0.15, 0.2) is 0 Å². The molecule has 1 atom stereocenters. The molecule has 5 nitrogen and oxygen atoms in total. The summed E-state index contributed by atoms with van der Waals surface area (Å²) in [7, 11) is 1.59. The summed E-state index contributed by atoms with van der Waals surface area (Å²) in [5, 5.41) is 2.63. The Bertz CT molecular complexity index is 746. The Morgan fingerprint density at radius 1 is 1.07 bits per heavy atom. The molecule has 0 aliphatic rings. The number of carbonyl (C=O) groups excluding carboxylic acids is 2. The largest absolute Gasteiger partial charge is 0.494 e. The minimum atomic E-state index is -0.530. The second kappa shape index (κ2) is 10.4. The summed E-state index contributed by atoms with van der Waals surface area (Å²) in [4.78, 5) is 26.6. The third-order valence-corrected chi connectivity index (χ3v) is 4.56. The van der Waals surface area contributed by atoms with E-state index in [1.54, 1.807) is 18.9 Å². The van der Waals surface area contributed by atoms with Gasteiger partial charge < -0.3 is 15.0 Å². The number of nitrogens with one attached hydrogen (secondary N) is 1. The van der Waals surface area contributed by atoms with E-state index in [9.17, 15) is 9.59 Å². The molecular formula is C22H28N2O3. The van der Waals surface area contributed by atoms with Gasteiger partial charge in [-0.1, -0.05) is 42.5 Å². The van der Waals surface area contributed by atoms with Crippen molar-refractivity contribution in [2.45, 2.75) is 39.3 Å². The quantitative estimate of drug-likeness (QED) is 0.691. The molecule has 5 heteroatoms. The average Bonchev–Trinajstić information content (AvgIpc) is 2.70. The number of aryl methyl sites for hydroxylation is 1. The van der Waals surface area contributed by atoms with Crippen molar-refractivity contribution in [2.24, 2.45) is 0 Å². The zero-order valence-electron chi connectivity index (χ0n) is 16.3. The highest BCUT2D eigenvalue weighted by molar-refractivity contribution is 5.87. The first kappa shape index (κ1) is 20.5. The predicted molar refractivity (Wildman–Crippen MR) is 106 cm³/mol. The van der Waals surface area contributed by atoms with Crippen LogP contribution in [0.5, 0.6) is 5.75 Å². The van der Waals surface area contributed by atoms with Crippen molar-refractivity contribution >= 4 is 11.8 Å². The molecular weight excluding hydrogens is 340 g/mol. The molecule has 0 aliphatic heterocycles. The summed E-state index contributed by atoms with van der Waals surface area (Å²) in [5.74, 6) is 0.573. The lowest BCUT2D eigenvalue weighted by Gasteiger charge is -2.29. The van der Waals surface area contributed by atoms with Crippen LogP contribution in [-0.4, -0.2) is 36.4 Å². The van der Waals surface area contributed by atoms with Crippen LogP contribution in [0.4, 0.5) is 0 Å². The zero-order valence-corrected chi connectivity index (χ0v) is 16.3. The van der Waals surface area contributed by atoms with Gasteiger partial charge in [-0.3, -0.25) is 9.59 Å². The van der Waals surface area contributed by atoms with Crippen LogP contribution in [0.25, 0.3) is 0 Å². The van der Waals surface area contributed by atoms with Crippen LogP contribution in [0.1, 0.15) is 30.9 Å². The van der Waals surface area contributed by atoms with Crippen molar-refractivity contribution in [1.82, 2.24) is 10.2 Å². The number of hydrogen-bond donors (Lipinski definition) is 1. The highest BCUT2D eigenvalue weighted by Gasteiger charge is 2.25. The second-order valence-electron chi connectivity index (χ2n) is 6.50. The zero-order chi connectivity index (χ0) is 19.6. The Hall–Kier alpha value is -2.82. The predicted octanol–water partition coefficient (Wildman–Crippen LogP) is 3.32. The Morgan fingerprint density at radius 2 is 1.74 bits per heavy atom. The van der Waals surface area contributed by atoms with E-state index in [0.29, 0.717) is 26.0 Å². The lowest BCUT2D eigenvalue weighted by atomic mass is 10.1. The lowest BCUT2D eigenvalue weighted by molar-refractivity contribution is -0.140. The fraction of sp³-hybridized carbons (Fsp3) is 0.364. The number of nitrogens with zero attached hydrogens (tertiary/aromatic N) is 1. The molecule has 2 aromatic carbocycles. The molecule has 2 rings (SSSR count). The van der Waals surface area contributed by atoms with E-state index in [4.69, 9.17) is 4.74 Å². The van der Waals surface area contributed by atoms with E-state index < -0.39 is 6.04 Å². The van der Waals surface area contributed by atoms with Crippen molar-refractivity contribution in [3.05, 3.63) is 65.7 Å². The van der Waals surface area contributed by atoms with Gasteiger partial charge in [0, 0.05) is 20.0 Å². The SMILES string of the molecule is CNC(=O)[C@H](C)N(Cc1ccccc1C)C(=O)CCCOc1ccccc1. The van der Waals surface area contributed by atoms with Gasteiger partial charge in [-0.25, -0.2) is 0 Å². The van der Waals surface area contributed by atoms with Gasteiger partial charge in [0.1, 0.15) is 11.8 Å². The topological polar surface area (TPSA) is 58.6 Å². The third kappa shape index (κ3) is 6.13. The summed E-state index contributed by atoms with van der Waals surface area (Å²) in [6.45, 7) is 4.65. The normalized spacial score (nSPS) is 11.5. The van der Waals surface area contributed by atoms with E-state index in [2.05, 4.69) is 5.32 Å². The molecule has 0 aromatic heterocycles. The van der Waals surface area contributed by atoms with Crippen LogP contribution >= 0.6 is 0 Å². The summed E-state index contributed by atoms with van der Waals surface area (Å²) in [6, 6.07) is 16.9. The number of carbonyl (C=O) groups is 2. The molecule has 0 fully saturated rings.